The van der Waals surface area contributed by atoms with Gasteiger partial charge in [-0.2, -0.15) is 0 Å². The predicted octanol–water partition coefficient (Wildman–Crippen LogP) is 3.10. The van der Waals surface area contributed by atoms with Gasteiger partial charge in [0.05, 0.1) is 0 Å². The van der Waals surface area contributed by atoms with Gasteiger partial charge in [-0.05, 0) is 24.6 Å². The van der Waals surface area contributed by atoms with E-state index in [4.69, 9.17) is 0 Å². The van der Waals surface area contributed by atoms with Crippen LogP contribution in [0.3, 0.4) is 0 Å². The van der Waals surface area contributed by atoms with Crippen molar-refractivity contribution in [3.8, 4) is 0 Å². The number of benzene rings is 2. The van der Waals surface area contributed by atoms with E-state index in [2.05, 4.69) is 59.0 Å². The average Bonchev–Trinajstić information content (AvgIpc) is 2.43. The van der Waals surface area contributed by atoms with Crippen LogP contribution in [0.1, 0.15) is 12.8 Å². The summed E-state index contributed by atoms with van der Waals surface area (Å²) < 4.78 is 0. The van der Waals surface area contributed by atoms with Gasteiger partial charge in [-0.25, -0.2) is 0 Å². The second kappa shape index (κ2) is 3.87. The molecule has 3 nitrogen and oxygen atoms in total. The molecule has 2 N–H and O–H groups in total. The smallest absolute Gasteiger partial charge is 0.110 e. The highest BCUT2D eigenvalue weighted by Gasteiger charge is 2.36. The van der Waals surface area contributed by atoms with Crippen LogP contribution in [0.5, 0.6) is 0 Å². The maximum absolute atomic E-state index is 3.76. The number of nitrogens with zero attached hydrogens (tertiary/aromatic N) is 1. The molecule has 2 heterocycles. The molecule has 0 aliphatic carbocycles. The van der Waals surface area contributed by atoms with Gasteiger partial charge in [-0.3, -0.25) is 0 Å². The summed E-state index contributed by atoms with van der Waals surface area (Å²) in [5, 5.41) is 10.2. The van der Waals surface area contributed by atoms with E-state index < -0.39 is 0 Å². The summed E-state index contributed by atoms with van der Waals surface area (Å²) in [5.41, 5.74) is 2.59. The van der Waals surface area contributed by atoms with Gasteiger partial charge in [0.25, 0.3) is 0 Å². The van der Waals surface area contributed by atoms with Crippen LogP contribution < -0.4 is 10.6 Å². The van der Waals surface area contributed by atoms with Crippen molar-refractivity contribution < 1.29 is 0 Å². The number of rotatable bonds is 0. The van der Waals surface area contributed by atoms with Gasteiger partial charge in [0, 0.05) is 42.7 Å². The number of anilines is 2. The van der Waals surface area contributed by atoms with Crippen LogP contribution in [0.2, 0.25) is 0 Å². The van der Waals surface area contributed by atoms with Crippen molar-refractivity contribution in [1.82, 2.24) is 4.90 Å². The molecule has 98 valence electrons. The molecule has 3 heteroatoms. The summed E-state index contributed by atoms with van der Waals surface area (Å²) in [6, 6.07) is 13.0. The number of nitrogens with one attached hydrogen (secondary N) is 2. The molecule has 0 amide bonds. The summed E-state index contributed by atoms with van der Waals surface area (Å²) in [4.78, 5) is 2.40. The van der Waals surface area contributed by atoms with E-state index in [1.807, 2.05) is 0 Å². The Labute approximate surface area is 113 Å². The molecule has 0 atom stereocenters. The molecule has 0 aromatic heterocycles. The number of hydrogen-bond donors (Lipinski definition) is 2. The lowest BCUT2D eigenvalue weighted by Gasteiger charge is -2.46. The molecule has 1 saturated heterocycles. The highest BCUT2D eigenvalue weighted by Crippen LogP contribution is 2.40. The summed E-state index contributed by atoms with van der Waals surface area (Å²) in [5.74, 6) is 0. The van der Waals surface area contributed by atoms with E-state index in [0.29, 0.717) is 0 Å². The first kappa shape index (κ1) is 11.1. The minimum Gasteiger partial charge on any atom is -0.362 e. The maximum atomic E-state index is 3.76. The van der Waals surface area contributed by atoms with E-state index in [1.54, 1.807) is 0 Å². The van der Waals surface area contributed by atoms with Crippen LogP contribution >= 0.6 is 0 Å². The fourth-order valence-electron chi connectivity index (χ4n) is 3.35. The Morgan fingerprint density at radius 3 is 2.11 bits per heavy atom. The molecule has 19 heavy (non-hydrogen) atoms. The lowest BCUT2D eigenvalue weighted by atomic mass is 9.92. The summed E-state index contributed by atoms with van der Waals surface area (Å²) in [6.07, 6.45) is 2.27. The van der Waals surface area contributed by atoms with Crippen molar-refractivity contribution in [1.29, 1.82) is 0 Å². The standard InChI is InChI=1S/C16H19N3/c1-19-10-8-16(9-11-19)17-13-6-2-4-12-5-3-7-14(18-16)15(12)13/h2-7,17-18H,8-11H2,1H3. The third kappa shape index (κ3) is 1.69. The first-order valence-electron chi connectivity index (χ1n) is 7.02. The average molecular weight is 253 g/mol. The Hall–Kier alpha value is -1.74. The van der Waals surface area contributed by atoms with Crippen molar-refractivity contribution in [2.45, 2.75) is 18.5 Å². The second-order valence-corrected chi connectivity index (χ2v) is 5.84. The van der Waals surface area contributed by atoms with Gasteiger partial charge >= 0.3 is 0 Å². The molecule has 0 bridgehead atoms. The molecule has 2 aromatic carbocycles. The minimum absolute atomic E-state index is 0.0369. The highest BCUT2D eigenvalue weighted by atomic mass is 15.3. The van der Waals surface area contributed by atoms with Crippen LogP contribution in [0.4, 0.5) is 11.4 Å². The van der Waals surface area contributed by atoms with Crippen LogP contribution in [-0.2, 0) is 0 Å². The molecule has 0 unspecified atom stereocenters. The summed E-state index contributed by atoms with van der Waals surface area (Å²) in [7, 11) is 2.20. The highest BCUT2D eigenvalue weighted by molar-refractivity contribution is 6.05. The van der Waals surface area contributed by atoms with Crippen LogP contribution in [0, 0.1) is 0 Å². The van der Waals surface area contributed by atoms with Gasteiger partial charge in [0.15, 0.2) is 0 Å². The topological polar surface area (TPSA) is 27.3 Å². The van der Waals surface area contributed by atoms with Crippen molar-refractivity contribution in [3.05, 3.63) is 36.4 Å². The van der Waals surface area contributed by atoms with E-state index in [-0.39, 0.29) is 5.66 Å². The third-order valence-electron chi connectivity index (χ3n) is 4.49. The Balaban J connectivity index is 1.80. The van der Waals surface area contributed by atoms with Crippen molar-refractivity contribution in [2.75, 3.05) is 30.8 Å². The zero-order valence-electron chi connectivity index (χ0n) is 11.2. The molecule has 1 spiro atoms. The van der Waals surface area contributed by atoms with Crippen molar-refractivity contribution in [2.24, 2.45) is 0 Å². The Morgan fingerprint density at radius 1 is 0.947 bits per heavy atom. The molecule has 0 radical (unpaired) electrons. The fourth-order valence-corrected chi connectivity index (χ4v) is 3.35. The SMILES string of the molecule is CN1CCC2(CC1)Nc1cccc3cccc(c13)N2. The van der Waals surface area contributed by atoms with Crippen molar-refractivity contribution >= 4 is 22.1 Å². The number of hydrogen-bond acceptors (Lipinski definition) is 3. The second-order valence-electron chi connectivity index (χ2n) is 5.84. The monoisotopic (exact) mass is 253 g/mol. The normalized spacial score (nSPS) is 21.1. The lowest BCUT2D eigenvalue weighted by molar-refractivity contribution is 0.221. The lowest BCUT2D eigenvalue weighted by Crippen LogP contribution is -2.54. The molecule has 2 aromatic rings. The fraction of sp³-hybridized carbons (Fsp3) is 0.375. The zero-order valence-corrected chi connectivity index (χ0v) is 11.2. The van der Waals surface area contributed by atoms with Gasteiger partial charge in [0.2, 0.25) is 0 Å². The van der Waals surface area contributed by atoms with E-state index >= 15 is 0 Å². The minimum atomic E-state index is 0.0369. The zero-order chi connectivity index (χ0) is 12.9. The predicted molar refractivity (Wildman–Crippen MR) is 80.7 cm³/mol. The third-order valence-corrected chi connectivity index (χ3v) is 4.49. The molecule has 2 aliphatic rings. The van der Waals surface area contributed by atoms with Crippen LogP contribution in [-0.4, -0.2) is 30.7 Å². The van der Waals surface area contributed by atoms with Gasteiger partial charge < -0.3 is 15.5 Å². The summed E-state index contributed by atoms with van der Waals surface area (Å²) >= 11 is 0. The first-order chi connectivity index (χ1) is 9.26. The van der Waals surface area contributed by atoms with Gasteiger partial charge in [-0.1, -0.05) is 24.3 Å². The molecular formula is C16H19N3. The van der Waals surface area contributed by atoms with E-state index in [0.717, 1.165) is 25.9 Å². The Kier molecular flexibility index (Phi) is 2.27. The van der Waals surface area contributed by atoms with Crippen LogP contribution in [0.15, 0.2) is 36.4 Å². The molecular weight excluding hydrogens is 234 g/mol. The van der Waals surface area contributed by atoms with Gasteiger partial charge in [0.1, 0.15) is 5.66 Å². The quantitative estimate of drug-likeness (QED) is 0.755. The van der Waals surface area contributed by atoms with Crippen molar-refractivity contribution in [3.63, 3.8) is 0 Å². The first-order valence-corrected chi connectivity index (χ1v) is 7.02. The Bertz CT molecular complexity index is 584. The maximum Gasteiger partial charge on any atom is 0.110 e. The number of piperidine rings is 1. The molecule has 4 rings (SSSR count). The summed E-state index contributed by atoms with van der Waals surface area (Å²) in [6.45, 7) is 2.27. The Morgan fingerprint density at radius 2 is 1.53 bits per heavy atom. The molecule has 0 saturated carbocycles. The largest absolute Gasteiger partial charge is 0.362 e. The van der Waals surface area contributed by atoms with E-state index in [9.17, 15) is 0 Å². The van der Waals surface area contributed by atoms with Crippen LogP contribution in [0.25, 0.3) is 10.8 Å². The number of likely N-dealkylation sites (tertiary alicyclic amines) is 1. The molecule has 1 fully saturated rings. The molecule has 2 aliphatic heterocycles. The van der Waals surface area contributed by atoms with E-state index in [1.165, 1.54) is 22.1 Å². The van der Waals surface area contributed by atoms with Gasteiger partial charge in [-0.15, -0.1) is 0 Å².